The lowest BCUT2D eigenvalue weighted by atomic mass is 9.84. The van der Waals surface area contributed by atoms with Crippen LogP contribution in [0.4, 0.5) is 5.69 Å². The van der Waals surface area contributed by atoms with E-state index in [1.165, 1.54) is 22.3 Å². The zero-order valence-electron chi connectivity index (χ0n) is 12.4. The Morgan fingerprint density at radius 1 is 1.00 bits per heavy atom. The van der Waals surface area contributed by atoms with Crippen molar-refractivity contribution in [2.75, 3.05) is 5.32 Å². The molecule has 0 bridgehead atoms. The Balaban J connectivity index is 2.17. The summed E-state index contributed by atoms with van der Waals surface area (Å²) in [5.41, 5.74) is 6.49. The van der Waals surface area contributed by atoms with Crippen LogP contribution in [0.1, 0.15) is 30.5 Å². The van der Waals surface area contributed by atoms with Gasteiger partial charge in [0.15, 0.2) is 0 Å². The summed E-state index contributed by atoms with van der Waals surface area (Å²) in [6.07, 6.45) is 0. The van der Waals surface area contributed by atoms with Gasteiger partial charge in [-0.15, -0.1) is 0 Å². The lowest BCUT2D eigenvalue weighted by molar-refractivity contribution is -0.119. The molecule has 0 aromatic heterocycles. The largest absolute Gasteiger partial charge is 0.325 e. The molecule has 0 atom stereocenters. The summed E-state index contributed by atoms with van der Waals surface area (Å²) < 4.78 is 0. The van der Waals surface area contributed by atoms with Gasteiger partial charge in [-0.25, -0.2) is 0 Å². The first kappa shape index (κ1) is 12.9. The molecule has 0 unspecified atom stereocenters. The van der Waals surface area contributed by atoms with Gasteiger partial charge in [-0.3, -0.25) is 4.79 Å². The van der Waals surface area contributed by atoms with Gasteiger partial charge < -0.3 is 5.32 Å². The fourth-order valence-corrected chi connectivity index (χ4v) is 2.79. The van der Waals surface area contributed by atoms with Crippen molar-refractivity contribution >= 4 is 11.6 Å². The van der Waals surface area contributed by atoms with Crippen LogP contribution in [0.2, 0.25) is 0 Å². The zero-order chi connectivity index (χ0) is 14.5. The average Bonchev–Trinajstić information content (AvgIpc) is 2.63. The first-order valence-corrected chi connectivity index (χ1v) is 6.93. The molecular formula is C18H19NO. The van der Waals surface area contributed by atoms with E-state index >= 15 is 0 Å². The SMILES string of the molecule is Cc1ccc(C)c(-c2ccc3c(c2)C(C)(C)C(=O)N3)c1. The van der Waals surface area contributed by atoms with Crippen LogP contribution >= 0.6 is 0 Å². The number of amides is 1. The number of hydrogen-bond acceptors (Lipinski definition) is 1. The highest BCUT2D eigenvalue weighted by Gasteiger charge is 2.38. The molecule has 0 aliphatic carbocycles. The van der Waals surface area contributed by atoms with Crippen LogP contribution in [0.3, 0.4) is 0 Å². The van der Waals surface area contributed by atoms with E-state index in [0.29, 0.717) is 0 Å². The van der Waals surface area contributed by atoms with Gasteiger partial charge in [0.25, 0.3) is 0 Å². The number of fused-ring (bicyclic) bond motifs is 1. The van der Waals surface area contributed by atoms with Crippen LogP contribution in [-0.4, -0.2) is 5.91 Å². The Labute approximate surface area is 119 Å². The number of anilines is 1. The Bertz CT molecular complexity index is 713. The van der Waals surface area contributed by atoms with Crippen molar-refractivity contribution in [2.45, 2.75) is 33.1 Å². The number of nitrogens with one attached hydrogen (secondary N) is 1. The van der Waals surface area contributed by atoms with Gasteiger partial charge in [0.2, 0.25) is 5.91 Å². The van der Waals surface area contributed by atoms with Gasteiger partial charge in [-0.1, -0.05) is 29.8 Å². The first-order valence-electron chi connectivity index (χ1n) is 6.93. The first-order chi connectivity index (χ1) is 9.39. The molecule has 0 spiro atoms. The third-order valence-corrected chi connectivity index (χ3v) is 4.21. The number of carbonyl (C=O) groups excluding carboxylic acids is 1. The molecule has 0 saturated carbocycles. The minimum absolute atomic E-state index is 0.0746. The van der Waals surface area contributed by atoms with Crippen LogP contribution in [0.5, 0.6) is 0 Å². The second-order valence-corrected chi connectivity index (χ2v) is 6.16. The molecule has 0 saturated heterocycles. The molecule has 102 valence electrons. The topological polar surface area (TPSA) is 29.1 Å². The van der Waals surface area contributed by atoms with Crippen LogP contribution in [0, 0.1) is 13.8 Å². The molecule has 2 heteroatoms. The zero-order valence-corrected chi connectivity index (χ0v) is 12.4. The van der Waals surface area contributed by atoms with Gasteiger partial charge in [-0.05, 0) is 62.1 Å². The van der Waals surface area contributed by atoms with Gasteiger partial charge in [0.05, 0.1) is 5.41 Å². The summed E-state index contributed by atoms with van der Waals surface area (Å²) in [4.78, 5) is 12.0. The lowest BCUT2D eigenvalue weighted by Gasteiger charge is -2.16. The normalized spacial score (nSPS) is 15.9. The van der Waals surface area contributed by atoms with Gasteiger partial charge >= 0.3 is 0 Å². The van der Waals surface area contributed by atoms with Crippen molar-refractivity contribution in [1.82, 2.24) is 0 Å². The molecule has 0 radical (unpaired) electrons. The molecule has 2 aromatic carbocycles. The van der Waals surface area contributed by atoms with E-state index < -0.39 is 5.41 Å². The maximum atomic E-state index is 12.0. The van der Waals surface area contributed by atoms with Crippen LogP contribution in [-0.2, 0) is 10.2 Å². The molecule has 3 rings (SSSR count). The molecule has 1 aliphatic rings. The second kappa shape index (κ2) is 4.20. The second-order valence-electron chi connectivity index (χ2n) is 6.16. The number of rotatable bonds is 1. The Morgan fingerprint density at radius 3 is 2.50 bits per heavy atom. The van der Waals surface area contributed by atoms with Gasteiger partial charge in [-0.2, -0.15) is 0 Å². The number of benzene rings is 2. The summed E-state index contributed by atoms with van der Waals surface area (Å²) in [5.74, 6) is 0.0746. The molecule has 1 heterocycles. The van der Waals surface area contributed by atoms with E-state index in [2.05, 4.69) is 49.5 Å². The summed E-state index contributed by atoms with van der Waals surface area (Å²) in [6.45, 7) is 8.17. The van der Waals surface area contributed by atoms with Gasteiger partial charge in [0, 0.05) is 5.69 Å². The number of carbonyl (C=O) groups is 1. The maximum absolute atomic E-state index is 12.0. The predicted molar refractivity (Wildman–Crippen MR) is 83.0 cm³/mol. The summed E-state index contributed by atoms with van der Waals surface area (Å²) >= 11 is 0. The smallest absolute Gasteiger partial charge is 0.234 e. The standard InChI is InChI=1S/C18H19NO/c1-11-5-6-12(2)14(9-11)13-7-8-16-15(10-13)18(3,4)17(20)19-16/h5-10H,1-4H3,(H,19,20). The van der Waals surface area contributed by atoms with Crippen molar-refractivity contribution in [3.8, 4) is 11.1 Å². The fraction of sp³-hybridized carbons (Fsp3) is 0.278. The highest BCUT2D eigenvalue weighted by molar-refractivity contribution is 6.06. The third kappa shape index (κ3) is 1.83. The van der Waals surface area contributed by atoms with Crippen molar-refractivity contribution in [3.63, 3.8) is 0 Å². The van der Waals surface area contributed by atoms with E-state index in [1.54, 1.807) is 0 Å². The van der Waals surface area contributed by atoms with E-state index in [4.69, 9.17) is 0 Å². The van der Waals surface area contributed by atoms with Crippen molar-refractivity contribution in [1.29, 1.82) is 0 Å². The minimum atomic E-state index is -0.455. The molecule has 20 heavy (non-hydrogen) atoms. The Kier molecular flexibility index (Phi) is 2.72. The summed E-state index contributed by atoms with van der Waals surface area (Å²) in [6, 6.07) is 12.7. The third-order valence-electron chi connectivity index (χ3n) is 4.21. The highest BCUT2D eigenvalue weighted by Crippen LogP contribution is 2.40. The van der Waals surface area contributed by atoms with Crippen molar-refractivity contribution in [2.24, 2.45) is 0 Å². The quantitative estimate of drug-likeness (QED) is 0.822. The number of aryl methyl sites for hydroxylation is 2. The lowest BCUT2D eigenvalue weighted by Crippen LogP contribution is -2.26. The molecule has 1 amide bonds. The molecule has 2 nitrogen and oxygen atoms in total. The molecule has 1 aliphatic heterocycles. The van der Waals surface area contributed by atoms with Crippen LogP contribution in [0.25, 0.3) is 11.1 Å². The van der Waals surface area contributed by atoms with E-state index in [0.717, 1.165) is 11.3 Å². The molecule has 1 N–H and O–H groups in total. The predicted octanol–water partition coefficient (Wildman–Crippen LogP) is 4.20. The molecule has 0 fully saturated rings. The van der Waals surface area contributed by atoms with Crippen LogP contribution < -0.4 is 5.32 Å². The molecular weight excluding hydrogens is 246 g/mol. The highest BCUT2D eigenvalue weighted by atomic mass is 16.2. The minimum Gasteiger partial charge on any atom is -0.325 e. The van der Waals surface area contributed by atoms with Gasteiger partial charge in [0.1, 0.15) is 0 Å². The van der Waals surface area contributed by atoms with E-state index in [9.17, 15) is 4.79 Å². The average molecular weight is 265 g/mol. The molecule has 2 aromatic rings. The van der Waals surface area contributed by atoms with E-state index in [-0.39, 0.29) is 5.91 Å². The summed E-state index contributed by atoms with van der Waals surface area (Å²) in [5, 5.41) is 2.95. The van der Waals surface area contributed by atoms with Crippen molar-refractivity contribution in [3.05, 3.63) is 53.1 Å². The Hall–Kier alpha value is -2.09. The maximum Gasteiger partial charge on any atom is 0.234 e. The van der Waals surface area contributed by atoms with Crippen LogP contribution in [0.15, 0.2) is 36.4 Å². The fourth-order valence-electron chi connectivity index (χ4n) is 2.79. The van der Waals surface area contributed by atoms with E-state index in [1.807, 2.05) is 19.9 Å². The monoisotopic (exact) mass is 265 g/mol. The van der Waals surface area contributed by atoms with Crippen molar-refractivity contribution < 1.29 is 4.79 Å². The Morgan fingerprint density at radius 2 is 1.75 bits per heavy atom. The number of hydrogen-bond donors (Lipinski definition) is 1. The summed E-state index contributed by atoms with van der Waals surface area (Å²) in [7, 11) is 0.